The standard InChI is InChI=1S/C6H12O2/c1-5(3-7-2)6-4-8-6/h5-6H,3-4H2,1-2H3/t5-,6+/m1/s1. The van der Waals surface area contributed by atoms with E-state index in [1.807, 2.05) is 0 Å². The first kappa shape index (κ1) is 6.05. The maximum Gasteiger partial charge on any atom is 0.0857 e. The molecule has 0 aromatic rings. The summed E-state index contributed by atoms with van der Waals surface area (Å²) in [6.45, 7) is 3.90. The second-order valence-corrected chi connectivity index (χ2v) is 2.30. The fourth-order valence-electron chi connectivity index (χ4n) is 0.754. The van der Waals surface area contributed by atoms with Crippen molar-refractivity contribution in [3.63, 3.8) is 0 Å². The van der Waals surface area contributed by atoms with Gasteiger partial charge in [-0.1, -0.05) is 6.92 Å². The van der Waals surface area contributed by atoms with Crippen LogP contribution in [-0.4, -0.2) is 26.4 Å². The van der Waals surface area contributed by atoms with Gasteiger partial charge in [-0.15, -0.1) is 0 Å². The summed E-state index contributed by atoms with van der Waals surface area (Å²) in [5, 5.41) is 0. The molecule has 0 amide bonds. The SMILES string of the molecule is COC[C@@H](C)[C@@H]1CO1. The Kier molecular flexibility index (Phi) is 1.86. The van der Waals surface area contributed by atoms with Gasteiger partial charge < -0.3 is 9.47 Å². The molecule has 8 heavy (non-hydrogen) atoms. The molecule has 2 atom stereocenters. The number of hydrogen-bond donors (Lipinski definition) is 0. The van der Waals surface area contributed by atoms with Gasteiger partial charge in [0.1, 0.15) is 0 Å². The lowest BCUT2D eigenvalue weighted by molar-refractivity contribution is 0.143. The fourth-order valence-corrected chi connectivity index (χ4v) is 0.754. The van der Waals surface area contributed by atoms with Crippen LogP contribution in [0.2, 0.25) is 0 Å². The van der Waals surface area contributed by atoms with Gasteiger partial charge in [0.25, 0.3) is 0 Å². The van der Waals surface area contributed by atoms with E-state index < -0.39 is 0 Å². The van der Waals surface area contributed by atoms with Crippen LogP contribution in [-0.2, 0) is 9.47 Å². The summed E-state index contributed by atoms with van der Waals surface area (Å²) in [6.07, 6.45) is 0.495. The first-order valence-electron chi connectivity index (χ1n) is 2.95. The zero-order valence-corrected chi connectivity index (χ0v) is 5.39. The highest BCUT2D eigenvalue weighted by Crippen LogP contribution is 2.19. The Bertz CT molecular complexity index is 68.9. The number of rotatable bonds is 3. The van der Waals surface area contributed by atoms with Crippen LogP contribution in [0.25, 0.3) is 0 Å². The summed E-state index contributed by atoms with van der Waals surface area (Å²) >= 11 is 0. The molecule has 0 saturated carbocycles. The Morgan fingerprint density at radius 1 is 1.88 bits per heavy atom. The summed E-state index contributed by atoms with van der Waals surface area (Å²) in [5.41, 5.74) is 0. The molecule has 0 radical (unpaired) electrons. The van der Waals surface area contributed by atoms with Crippen molar-refractivity contribution in [3.8, 4) is 0 Å². The van der Waals surface area contributed by atoms with E-state index in [0.717, 1.165) is 13.2 Å². The van der Waals surface area contributed by atoms with E-state index in [1.54, 1.807) is 7.11 Å². The summed E-state index contributed by atoms with van der Waals surface area (Å²) in [7, 11) is 1.72. The zero-order chi connectivity index (χ0) is 5.98. The molecule has 0 bridgehead atoms. The lowest BCUT2D eigenvalue weighted by atomic mass is 10.1. The van der Waals surface area contributed by atoms with Gasteiger partial charge in [0.15, 0.2) is 0 Å². The largest absolute Gasteiger partial charge is 0.384 e. The van der Waals surface area contributed by atoms with Crippen LogP contribution in [0.5, 0.6) is 0 Å². The van der Waals surface area contributed by atoms with Gasteiger partial charge >= 0.3 is 0 Å². The predicted octanol–water partition coefficient (Wildman–Crippen LogP) is 0.668. The van der Waals surface area contributed by atoms with E-state index in [1.165, 1.54) is 0 Å². The van der Waals surface area contributed by atoms with E-state index >= 15 is 0 Å². The van der Waals surface area contributed by atoms with Crippen LogP contribution in [0.3, 0.4) is 0 Å². The highest BCUT2D eigenvalue weighted by molar-refractivity contribution is 4.74. The van der Waals surface area contributed by atoms with Gasteiger partial charge in [0, 0.05) is 13.0 Å². The maximum absolute atomic E-state index is 5.04. The zero-order valence-electron chi connectivity index (χ0n) is 5.39. The minimum absolute atomic E-state index is 0.495. The topological polar surface area (TPSA) is 21.8 Å². The van der Waals surface area contributed by atoms with Crippen molar-refractivity contribution in [1.82, 2.24) is 0 Å². The molecule has 1 fully saturated rings. The van der Waals surface area contributed by atoms with Crippen LogP contribution in [0.4, 0.5) is 0 Å². The van der Waals surface area contributed by atoms with Crippen LogP contribution >= 0.6 is 0 Å². The molecule has 0 aromatic carbocycles. The molecule has 1 heterocycles. The minimum atomic E-state index is 0.495. The van der Waals surface area contributed by atoms with Crippen molar-refractivity contribution < 1.29 is 9.47 Å². The van der Waals surface area contributed by atoms with Crippen molar-refractivity contribution in [3.05, 3.63) is 0 Å². The van der Waals surface area contributed by atoms with Crippen LogP contribution in [0.15, 0.2) is 0 Å². The normalized spacial score (nSPS) is 30.0. The highest BCUT2D eigenvalue weighted by Gasteiger charge is 2.28. The summed E-state index contributed by atoms with van der Waals surface area (Å²) in [6, 6.07) is 0. The van der Waals surface area contributed by atoms with E-state index in [-0.39, 0.29) is 0 Å². The Labute approximate surface area is 49.8 Å². The average molecular weight is 116 g/mol. The number of methoxy groups -OCH3 is 1. The molecule has 0 aromatic heterocycles. The third-order valence-corrected chi connectivity index (χ3v) is 1.42. The Morgan fingerprint density at radius 2 is 2.50 bits per heavy atom. The third kappa shape index (κ3) is 1.46. The summed E-state index contributed by atoms with van der Waals surface area (Å²) < 4.78 is 9.97. The van der Waals surface area contributed by atoms with Crippen LogP contribution in [0, 0.1) is 5.92 Å². The second-order valence-electron chi connectivity index (χ2n) is 2.30. The molecule has 1 aliphatic rings. The number of hydrogen-bond acceptors (Lipinski definition) is 2. The van der Waals surface area contributed by atoms with Gasteiger partial charge in [-0.2, -0.15) is 0 Å². The molecule has 48 valence electrons. The fraction of sp³-hybridized carbons (Fsp3) is 1.00. The molecule has 0 spiro atoms. The predicted molar refractivity (Wildman–Crippen MR) is 30.8 cm³/mol. The number of ether oxygens (including phenoxy) is 2. The average Bonchev–Trinajstić information content (AvgIpc) is 2.45. The van der Waals surface area contributed by atoms with E-state index in [9.17, 15) is 0 Å². The van der Waals surface area contributed by atoms with E-state index in [2.05, 4.69) is 6.92 Å². The first-order valence-corrected chi connectivity index (χ1v) is 2.95. The second kappa shape index (κ2) is 2.46. The molecule has 0 aliphatic carbocycles. The van der Waals surface area contributed by atoms with E-state index in [0.29, 0.717) is 12.0 Å². The molecular formula is C6H12O2. The van der Waals surface area contributed by atoms with E-state index in [4.69, 9.17) is 9.47 Å². The maximum atomic E-state index is 5.04. The number of epoxide rings is 1. The van der Waals surface area contributed by atoms with Crippen molar-refractivity contribution in [2.45, 2.75) is 13.0 Å². The monoisotopic (exact) mass is 116 g/mol. The van der Waals surface area contributed by atoms with Crippen LogP contribution < -0.4 is 0 Å². The van der Waals surface area contributed by atoms with Crippen molar-refractivity contribution in [1.29, 1.82) is 0 Å². The van der Waals surface area contributed by atoms with Gasteiger partial charge in [-0.25, -0.2) is 0 Å². The molecule has 2 heteroatoms. The Morgan fingerprint density at radius 3 is 2.88 bits per heavy atom. The van der Waals surface area contributed by atoms with Crippen molar-refractivity contribution >= 4 is 0 Å². The molecule has 1 saturated heterocycles. The Balaban J connectivity index is 2.03. The van der Waals surface area contributed by atoms with Gasteiger partial charge in [0.05, 0.1) is 19.3 Å². The molecule has 0 N–H and O–H groups in total. The molecule has 1 aliphatic heterocycles. The third-order valence-electron chi connectivity index (χ3n) is 1.42. The Hall–Kier alpha value is -0.0800. The van der Waals surface area contributed by atoms with Gasteiger partial charge in [-0.3, -0.25) is 0 Å². The lowest BCUT2D eigenvalue weighted by Gasteiger charge is -2.03. The summed E-state index contributed by atoms with van der Waals surface area (Å²) in [5.74, 6) is 0.583. The molecule has 0 unspecified atom stereocenters. The summed E-state index contributed by atoms with van der Waals surface area (Å²) in [4.78, 5) is 0. The minimum Gasteiger partial charge on any atom is -0.384 e. The highest BCUT2D eigenvalue weighted by atomic mass is 16.6. The molecular weight excluding hydrogens is 104 g/mol. The van der Waals surface area contributed by atoms with Gasteiger partial charge in [0.2, 0.25) is 0 Å². The quantitative estimate of drug-likeness (QED) is 0.505. The molecule has 1 rings (SSSR count). The van der Waals surface area contributed by atoms with Crippen molar-refractivity contribution in [2.75, 3.05) is 20.3 Å². The van der Waals surface area contributed by atoms with Crippen LogP contribution in [0.1, 0.15) is 6.92 Å². The lowest BCUT2D eigenvalue weighted by Crippen LogP contribution is -2.09. The molecule has 2 nitrogen and oxygen atoms in total. The van der Waals surface area contributed by atoms with Crippen molar-refractivity contribution in [2.24, 2.45) is 5.92 Å². The van der Waals surface area contributed by atoms with Gasteiger partial charge in [-0.05, 0) is 0 Å². The first-order chi connectivity index (χ1) is 3.84. The smallest absolute Gasteiger partial charge is 0.0857 e.